The first-order chi connectivity index (χ1) is 11.7. The van der Waals surface area contributed by atoms with Gasteiger partial charge >= 0.3 is 5.97 Å². The van der Waals surface area contributed by atoms with Crippen molar-refractivity contribution >= 4 is 5.97 Å². The molecule has 1 N–H and O–H groups in total. The van der Waals surface area contributed by atoms with Gasteiger partial charge in [0.15, 0.2) is 0 Å². The zero-order valence-corrected chi connectivity index (χ0v) is 13.7. The minimum Gasteiger partial charge on any atom is -0.480 e. The van der Waals surface area contributed by atoms with Crippen LogP contribution in [0.25, 0.3) is 0 Å². The highest BCUT2D eigenvalue weighted by Crippen LogP contribution is 2.30. The van der Waals surface area contributed by atoms with E-state index >= 15 is 0 Å². The van der Waals surface area contributed by atoms with E-state index in [4.69, 9.17) is 9.84 Å². The fourth-order valence-electron chi connectivity index (χ4n) is 3.36. The molecule has 1 aliphatic heterocycles. The summed E-state index contributed by atoms with van der Waals surface area (Å²) in [5.41, 5.74) is 2.53. The minimum atomic E-state index is -0.779. The van der Waals surface area contributed by atoms with Crippen molar-refractivity contribution in [3.63, 3.8) is 0 Å². The molecule has 0 spiro atoms. The molecular formula is C20H23NO3. The Morgan fingerprint density at radius 3 is 2.21 bits per heavy atom. The van der Waals surface area contributed by atoms with E-state index in [1.165, 1.54) is 11.1 Å². The monoisotopic (exact) mass is 325 g/mol. The van der Waals surface area contributed by atoms with Gasteiger partial charge in [-0.1, -0.05) is 60.7 Å². The summed E-state index contributed by atoms with van der Waals surface area (Å²) < 4.78 is 5.93. The molecule has 0 saturated carbocycles. The molecule has 1 fully saturated rings. The van der Waals surface area contributed by atoms with E-state index in [2.05, 4.69) is 48.5 Å². The van der Waals surface area contributed by atoms with E-state index in [0.29, 0.717) is 19.7 Å². The van der Waals surface area contributed by atoms with Gasteiger partial charge in [-0.05, 0) is 17.5 Å². The van der Waals surface area contributed by atoms with Crippen LogP contribution in [0.1, 0.15) is 23.5 Å². The quantitative estimate of drug-likeness (QED) is 0.887. The maximum atomic E-state index is 11.0. The predicted molar refractivity (Wildman–Crippen MR) is 93.2 cm³/mol. The molecule has 0 aliphatic carbocycles. The van der Waals surface area contributed by atoms with Gasteiger partial charge < -0.3 is 9.84 Å². The average molecular weight is 325 g/mol. The molecule has 3 rings (SSSR count). The lowest BCUT2D eigenvalue weighted by molar-refractivity contribution is -0.140. The molecule has 0 amide bonds. The summed E-state index contributed by atoms with van der Waals surface area (Å²) in [6.45, 7) is 2.03. The Hall–Kier alpha value is -2.17. The lowest BCUT2D eigenvalue weighted by Gasteiger charge is -2.34. The molecule has 0 radical (unpaired) electrons. The Balaban J connectivity index is 1.76. The van der Waals surface area contributed by atoms with Crippen molar-refractivity contribution in [3.05, 3.63) is 71.8 Å². The van der Waals surface area contributed by atoms with Gasteiger partial charge in [0, 0.05) is 19.0 Å². The highest BCUT2D eigenvalue weighted by molar-refractivity contribution is 5.69. The standard InChI is InChI=1S/C20H23NO3/c22-20(23)15-21-11-12-24-18(14-21)13-19(16-7-3-1-4-8-16)17-9-5-2-6-10-17/h1-10,18-19H,11-15H2,(H,22,23). The van der Waals surface area contributed by atoms with Gasteiger partial charge in [-0.25, -0.2) is 0 Å². The van der Waals surface area contributed by atoms with Crippen molar-refractivity contribution in [2.24, 2.45) is 0 Å². The average Bonchev–Trinajstić information content (AvgIpc) is 2.61. The Kier molecular flexibility index (Phi) is 5.62. The second kappa shape index (κ2) is 8.08. The smallest absolute Gasteiger partial charge is 0.317 e. The Bertz CT molecular complexity index is 605. The first kappa shape index (κ1) is 16.7. The third-order valence-electron chi connectivity index (χ3n) is 4.48. The number of carboxylic acid groups (broad SMARTS) is 1. The molecule has 126 valence electrons. The van der Waals surface area contributed by atoms with Gasteiger partial charge in [0.1, 0.15) is 0 Å². The number of carbonyl (C=O) groups is 1. The Morgan fingerprint density at radius 2 is 1.67 bits per heavy atom. The van der Waals surface area contributed by atoms with Crippen LogP contribution in [-0.4, -0.2) is 48.3 Å². The number of carboxylic acids is 1. The molecule has 4 nitrogen and oxygen atoms in total. The summed E-state index contributed by atoms with van der Waals surface area (Å²) in [4.78, 5) is 12.9. The Labute approximate surface area is 142 Å². The van der Waals surface area contributed by atoms with E-state index in [0.717, 1.165) is 6.42 Å². The number of morpholine rings is 1. The lowest BCUT2D eigenvalue weighted by Crippen LogP contribution is -2.45. The highest BCUT2D eigenvalue weighted by Gasteiger charge is 2.26. The maximum absolute atomic E-state index is 11.0. The molecular weight excluding hydrogens is 302 g/mol. The zero-order valence-electron chi connectivity index (χ0n) is 13.7. The largest absolute Gasteiger partial charge is 0.480 e. The van der Waals surface area contributed by atoms with Crippen LogP contribution in [0.2, 0.25) is 0 Å². The normalized spacial score (nSPS) is 18.6. The van der Waals surface area contributed by atoms with Crippen LogP contribution in [0.3, 0.4) is 0 Å². The molecule has 1 saturated heterocycles. The fraction of sp³-hybridized carbons (Fsp3) is 0.350. The van der Waals surface area contributed by atoms with Crippen LogP contribution in [0.5, 0.6) is 0 Å². The van der Waals surface area contributed by atoms with Gasteiger partial charge in [0.05, 0.1) is 19.3 Å². The van der Waals surface area contributed by atoms with Crippen LogP contribution in [-0.2, 0) is 9.53 Å². The number of hydrogen-bond donors (Lipinski definition) is 1. The van der Waals surface area contributed by atoms with Crippen molar-refractivity contribution in [1.29, 1.82) is 0 Å². The fourth-order valence-corrected chi connectivity index (χ4v) is 3.36. The van der Waals surface area contributed by atoms with Crippen molar-refractivity contribution in [1.82, 2.24) is 4.90 Å². The summed E-state index contributed by atoms with van der Waals surface area (Å²) in [6, 6.07) is 20.9. The summed E-state index contributed by atoms with van der Waals surface area (Å²) >= 11 is 0. The van der Waals surface area contributed by atoms with Gasteiger partial charge in [-0.15, -0.1) is 0 Å². The molecule has 0 aromatic heterocycles. The van der Waals surface area contributed by atoms with E-state index in [-0.39, 0.29) is 18.6 Å². The molecule has 4 heteroatoms. The predicted octanol–water partition coefficient (Wildman–Crippen LogP) is 2.99. The number of aliphatic carboxylic acids is 1. The van der Waals surface area contributed by atoms with Crippen molar-refractivity contribution in [3.8, 4) is 0 Å². The topological polar surface area (TPSA) is 49.8 Å². The summed E-state index contributed by atoms with van der Waals surface area (Å²) in [5, 5.41) is 9.01. The molecule has 2 aromatic carbocycles. The third kappa shape index (κ3) is 4.43. The van der Waals surface area contributed by atoms with E-state index < -0.39 is 5.97 Å². The molecule has 0 bridgehead atoms. The molecule has 1 atom stereocenters. The maximum Gasteiger partial charge on any atom is 0.317 e. The van der Waals surface area contributed by atoms with Crippen LogP contribution in [0.15, 0.2) is 60.7 Å². The van der Waals surface area contributed by atoms with Crippen LogP contribution < -0.4 is 0 Å². The van der Waals surface area contributed by atoms with Crippen molar-refractivity contribution in [2.45, 2.75) is 18.4 Å². The van der Waals surface area contributed by atoms with E-state index in [1.807, 2.05) is 17.0 Å². The van der Waals surface area contributed by atoms with E-state index in [1.54, 1.807) is 0 Å². The number of nitrogens with zero attached hydrogens (tertiary/aromatic N) is 1. The summed E-state index contributed by atoms with van der Waals surface area (Å²) in [6.07, 6.45) is 0.896. The van der Waals surface area contributed by atoms with Crippen LogP contribution in [0.4, 0.5) is 0 Å². The molecule has 24 heavy (non-hydrogen) atoms. The first-order valence-corrected chi connectivity index (χ1v) is 8.38. The summed E-state index contributed by atoms with van der Waals surface area (Å²) in [5.74, 6) is -0.527. The number of hydrogen-bond acceptors (Lipinski definition) is 3. The molecule has 1 aliphatic rings. The first-order valence-electron chi connectivity index (χ1n) is 8.38. The highest BCUT2D eigenvalue weighted by atomic mass is 16.5. The Morgan fingerprint density at radius 1 is 1.08 bits per heavy atom. The van der Waals surface area contributed by atoms with Crippen molar-refractivity contribution < 1.29 is 14.6 Å². The second-order valence-electron chi connectivity index (χ2n) is 6.23. The molecule has 1 heterocycles. The molecule has 1 unspecified atom stereocenters. The summed E-state index contributed by atoms with van der Waals surface area (Å²) in [7, 11) is 0. The van der Waals surface area contributed by atoms with Crippen molar-refractivity contribution in [2.75, 3.05) is 26.2 Å². The number of benzene rings is 2. The minimum absolute atomic E-state index is 0.0449. The van der Waals surface area contributed by atoms with E-state index in [9.17, 15) is 4.79 Å². The lowest BCUT2D eigenvalue weighted by atomic mass is 9.86. The van der Waals surface area contributed by atoms with Gasteiger partial charge in [0.2, 0.25) is 0 Å². The third-order valence-corrected chi connectivity index (χ3v) is 4.48. The van der Waals surface area contributed by atoms with Crippen LogP contribution >= 0.6 is 0 Å². The molecule has 2 aromatic rings. The van der Waals surface area contributed by atoms with Crippen LogP contribution in [0, 0.1) is 0 Å². The van der Waals surface area contributed by atoms with Gasteiger partial charge in [-0.2, -0.15) is 0 Å². The van der Waals surface area contributed by atoms with Gasteiger partial charge in [0.25, 0.3) is 0 Å². The zero-order chi connectivity index (χ0) is 16.8. The number of rotatable bonds is 6. The number of ether oxygens (including phenoxy) is 1. The van der Waals surface area contributed by atoms with Gasteiger partial charge in [-0.3, -0.25) is 9.69 Å². The second-order valence-corrected chi connectivity index (χ2v) is 6.23. The SMILES string of the molecule is O=C(O)CN1CCOC(CC(c2ccccc2)c2ccccc2)C1.